The molecular weight excluding hydrogens is 490 g/mol. The van der Waals surface area contributed by atoms with Gasteiger partial charge >= 0.3 is 0 Å². The molecule has 2 atom stereocenters. The molecule has 35 heavy (non-hydrogen) atoms. The summed E-state index contributed by atoms with van der Waals surface area (Å²) in [7, 11) is -3.68. The Bertz CT molecular complexity index is 1430. The summed E-state index contributed by atoms with van der Waals surface area (Å²) in [5.74, 6) is 0.930. The Balaban J connectivity index is 1.44. The molecule has 2 aromatic carbocycles. The SMILES string of the molecule is CCCn1c(=NC(=O)c2ccc(S(=O)(=O)N3CC(C)OC(C)C3)cc2)sc2cc3c(cc21)OCO3. The van der Waals surface area contributed by atoms with Crippen molar-refractivity contribution in [2.45, 2.75) is 50.8 Å². The highest BCUT2D eigenvalue weighted by Gasteiger charge is 2.32. The van der Waals surface area contributed by atoms with Crippen molar-refractivity contribution < 1.29 is 27.4 Å². The summed E-state index contributed by atoms with van der Waals surface area (Å²) >= 11 is 1.40. The number of rotatable bonds is 5. The van der Waals surface area contributed by atoms with Gasteiger partial charge in [-0.15, -0.1) is 0 Å². The zero-order valence-corrected chi connectivity index (χ0v) is 21.4. The number of fused-ring (bicyclic) bond motifs is 2. The van der Waals surface area contributed by atoms with E-state index in [2.05, 4.69) is 11.9 Å². The highest BCUT2D eigenvalue weighted by atomic mass is 32.2. The Morgan fingerprint density at radius 3 is 2.40 bits per heavy atom. The molecule has 0 aliphatic carbocycles. The quantitative estimate of drug-likeness (QED) is 0.515. The topological polar surface area (TPSA) is 99.4 Å². The van der Waals surface area contributed by atoms with E-state index in [1.54, 1.807) is 0 Å². The third-order valence-corrected chi connectivity index (χ3v) is 8.83. The Labute approximate surface area is 207 Å². The summed E-state index contributed by atoms with van der Waals surface area (Å²) < 4.78 is 47.2. The van der Waals surface area contributed by atoms with E-state index in [0.29, 0.717) is 41.5 Å². The number of hydrogen-bond acceptors (Lipinski definition) is 7. The highest BCUT2D eigenvalue weighted by molar-refractivity contribution is 7.89. The molecule has 1 saturated heterocycles. The molecule has 3 heterocycles. The van der Waals surface area contributed by atoms with Crippen LogP contribution in [0, 0.1) is 0 Å². The number of ether oxygens (including phenoxy) is 3. The van der Waals surface area contributed by atoms with E-state index in [4.69, 9.17) is 14.2 Å². The molecule has 1 fully saturated rings. The Morgan fingerprint density at radius 1 is 1.09 bits per heavy atom. The number of hydrogen-bond donors (Lipinski definition) is 0. The van der Waals surface area contributed by atoms with Crippen LogP contribution < -0.4 is 14.3 Å². The number of carbonyl (C=O) groups excluding carboxylic acids is 1. The van der Waals surface area contributed by atoms with Crippen molar-refractivity contribution in [2.75, 3.05) is 19.9 Å². The van der Waals surface area contributed by atoms with E-state index in [1.165, 1.54) is 39.9 Å². The first-order valence-electron chi connectivity index (χ1n) is 11.5. The van der Waals surface area contributed by atoms with Crippen molar-refractivity contribution in [1.29, 1.82) is 0 Å². The minimum Gasteiger partial charge on any atom is -0.454 e. The molecule has 9 nitrogen and oxygen atoms in total. The summed E-state index contributed by atoms with van der Waals surface area (Å²) in [6.45, 7) is 7.26. The molecule has 2 unspecified atom stereocenters. The van der Waals surface area contributed by atoms with Gasteiger partial charge in [-0.3, -0.25) is 4.79 Å². The van der Waals surface area contributed by atoms with E-state index in [1.807, 2.05) is 30.5 Å². The molecular formula is C24H27N3O6S2. The van der Waals surface area contributed by atoms with Gasteiger partial charge in [-0.05, 0) is 44.5 Å². The lowest BCUT2D eigenvalue weighted by molar-refractivity contribution is -0.0440. The van der Waals surface area contributed by atoms with Crippen LogP contribution >= 0.6 is 11.3 Å². The van der Waals surface area contributed by atoms with Crippen LogP contribution in [0.1, 0.15) is 37.6 Å². The summed E-state index contributed by atoms with van der Waals surface area (Å²) in [6.07, 6.45) is 0.514. The Kier molecular flexibility index (Phi) is 6.43. The maximum Gasteiger partial charge on any atom is 0.279 e. The second-order valence-electron chi connectivity index (χ2n) is 8.73. The molecule has 0 radical (unpaired) electrons. The predicted molar refractivity (Wildman–Crippen MR) is 131 cm³/mol. The lowest BCUT2D eigenvalue weighted by Crippen LogP contribution is -2.48. The molecule has 0 N–H and O–H groups in total. The summed E-state index contributed by atoms with van der Waals surface area (Å²) in [5, 5.41) is 0. The first kappa shape index (κ1) is 24.0. The van der Waals surface area contributed by atoms with Gasteiger partial charge in [-0.2, -0.15) is 9.30 Å². The average molecular weight is 518 g/mol. The fourth-order valence-electron chi connectivity index (χ4n) is 4.38. The van der Waals surface area contributed by atoms with E-state index >= 15 is 0 Å². The number of nitrogens with zero attached hydrogens (tertiary/aromatic N) is 3. The van der Waals surface area contributed by atoms with Crippen molar-refractivity contribution in [3.8, 4) is 11.5 Å². The fourth-order valence-corrected chi connectivity index (χ4v) is 7.04. The molecule has 0 spiro atoms. The highest BCUT2D eigenvalue weighted by Crippen LogP contribution is 2.37. The molecule has 2 aliphatic rings. The van der Waals surface area contributed by atoms with E-state index in [9.17, 15) is 13.2 Å². The van der Waals surface area contributed by atoms with Crippen LogP contribution in [0.4, 0.5) is 0 Å². The number of thiazole rings is 1. The van der Waals surface area contributed by atoms with E-state index in [-0.39, 0.29) is 23.9 Å². The van der Waals surface area contributed by atoms with Gasteiger partial charge in [-0.25, -0.2) is 8.42 Å². The molecule has 11 heteroatoms. The standard InChI is InChI=1S/C24H27N3O6S2/c1-4-9-27-19-10-20-21(32-14-31-20)11-22(19)34-24(27)25-23(28)17-5-7-18(8-6-17)35(29,30)26-12-15(2)33-16(3)13-26/h5-8,10-11,15-16H,4,9,12-14H2,1-3H3. The number of aromatic nitrogens is 1. The van der Waals surface area contributed by atoms with Crippen molar-refractivity contribution in [1.82, 2.24) is 8.87 Å². The number of amides is 1. The van der Waals surface area contributed by atoms with Gasteiger partial charge < -0.3 is 18.8 Å². The van der Waals surface area contributed by atoms with Gasteiger partial charge in [0.25, 0.3) is 5.91 Å². The van der Waals surface area contributed by atoms with Crippen LogP contribution in [0.15, 0.2) is 46.3 Å². The first-order chi connectivity index (χ1) is 16.8. The van der Waals surface area contributed by atoms with Crippen molar-refractivity contribution in [3.05, 3.63) is 46.8 Å². The Morgan fingerprint density at radius 2 is 1.74 bits per heavy atom. The van der Waals surface area contributed by atoms with Crippen LogP contribution in [0.3, 0.4) is 0 Å². The number of aryl methyl sites for hydroxylation is 1. The molecule has 1 amide bonds. The normalized spacial score (nSPS) is 21.1. The largest absolute Gasteiger partial charge is 0.454 e. The summed E-state index contributed by atoms with van der Waals surface area (Å²) in [4.78, 5) is 18.1. The van der Waals surface area contributed by atoms with Gasteiger partial charge in [0.15, 0.2) is 16.3 Å². The summed E-state index contributed by atoms with van der Waals surface area (Å²) in [6, 6.07) is 9.78. The second-order valence-corrected chi connectivity index (χ2v) is 11.7. The first-order valence-corrected chi connectivity index (χ1v) is 13.8. The lowest BCUT2D eigenvalue weighted by atomic mass is 10.2. The Hall–Kier alpha value is -2.73. The van der Waals surface area contributed by atoms with Crippen LogP contribution in [0.5, 0.6) is 11.5 Å². The summed E-state index contributed by atoms with van der Waals surface area (Å²) in [5.41, 5.74) is 1.25. The fraction of sp³-hybridized carbons (Fsp3) is 0.417. The number of carbonyl (C=O) groups is 1. The van der Waals surface area contributed by atoms with Crippen molar-refractivity contribution in [3.63, 3.8) is 0 Å². The van der Waals surface area contributed by atoms with Gasteiger partial charge in [0.1, 0.15) is 0 Å². The van der Waals surface area contributed by atoms with Crippen LogP contribution in [-0.4, -0.2) is 55.3 Å². The monoisotopic (exact) mass is 517 g/mol. The lowest BCUT2D eigenvalue weighted by Gasteiger charge is -2.34. The number of morpholine rings is 1. The van der Waals surface area contributed by atoms with Gasteiger partial charge in [0, 0.05) is 37.3 Å². The van der Waals surface area contributed by atoms with Crippen molar-refractivity contribution >= 4 is 37.5 Å². The number of benzene rings is 2. The third kappa shape index (κ3) is 4.61. The van der Waals surface area contributed by atoms with Gasteiger partial charge in [0.2, 0.25) is 16.8 Å². The zero-order valence-electron chi connectivity index (χ0n) is 19.8. The smallest absolute Gasteiger partial charge is 0.279 e. The third-order valence-electron chi connectivity index (χ3n) is 5.95. The van der Waals surface area contributed by atoms with E-state index < -0.39 is 15.9 Å². The molecule has 1 aromatic heterocycles. The van der Waals surface area contributed by atoms with Crippen LogP contribution in [-0.2, 0) is 21.3 Å². The van der Waals surface area contributed by atoms with Crippen LogP contribution in [0.2, 0.25) is 0 Å². The predicted octanol–water partition coefficient (Wildman–Crippen LogP) is 3.38. The van der Waals surface area contributed by atoms with Gasteiger partial charge in [0.05, 0.1) is 27.3 Å². The maximum atomic E-state index is 13.1. The molecule has 5 rings (SSSR count). The van der Waals surface area contributed by atoms with Gasteiger partial charge in [-0.1, -0.05) is 18.3 Å². The molecule has 0 saturated carbocycles. The molecule has 186 valence electrons. The number of sulfonamides is 1. The molecule has 2 aliphatic heterocycles. The van der Waals surface area contributed by atoms with Crippen molar-refractivity contribution in [2.24, 2.45) is 4.99 Å². The molecule has 0 bridgehead atoms. The zero-order chi connectivity index (χ0) is 24.7. The van der Waals surface area contributed by atoms with E-state index in [0.717, 1.165) is 16.6 Å². The minimum atomic E-state index is -3.68. The maximum absolute atomic E-state index is 13.1. The van der Waals surface area contributed by atoms with Crippen LogP contribution in [0.25, 0.3) is 10.2 Å². The second kappa shape index (κ2) is 9.38. The average Bonchev–Trinajstić information content (AvgIpc) is 3.41. The minimum absolute atomic E-state index is 0.146. The molecule has 3 aromatic rings.